The lowest BCUT2D eigenvalue weighted by atomic mass is 9.78. The second kappa shape index (κ2) is 6.85. The minimum atomic E-state index is -0.287. The fourth-order valence-electron chi connectivity index (χ4n) is 2.68. The standard InChI is InChI=1S/C17H23NO3/c1-4-16(19)21-18-15-9-11-17(20-3,12-10-15)14-7-5-13(2)6-8-14/h5-8H,4,9-12H2,1-3H3. The number of hydrogen-bond acceptors (Lipinski definition) is 4. The van der Waals surface area contributed by atoms with E-state index >= 15 is 0 Å². The maximum Gasteiger partial charge on any atom is 0.334 e. The molecule has 4 heteroatoms. The second-order valence-corrected chi connectivity index (χ2v) is 5.54. The predicted molar refractivity (Wildman–Crippen MR) is 82.2 cm³/mol. The number of methoxy groups -OCH3 is 1. The lowest BCUT2D eigenvalue weighted by Gasteiger charge is -2.36. The van der Waals surface area contributed by atoms with Gasteiger partial charge in [0.1, 0.15) is 0 Å². The van der Waals surface area contributed by atoms with E-state index in [4.69, 9.17) is 9.57 Å². The summed E-state index contributed by atoms with van der Waals surface area (Å²) in [4.78, 5) is 16.0. The molecule has 0 heterocycles. The number of oxime groups is 1. The first-order chi connectivity index (χ1) is 10.1. The summed E-state index contributed by atoms with van der Waals surface area (Å²) in [5.74, 6) is -0.287. The van der Waals surface area contributed by atoms with Gasteiger partial charge in [-0.2, -0.15) is 0 Å². The highest BCUT2D eigenvalue weighted by atomic mass is 16.7. The largest absolute Gasteiger partial charge is 0.374 e. The molecule has 0 spiro atoms. The van der Waals surface area contributed by atoms with Gasteiger partial charge in [0.25, 0.3) is 0 Å². The molecular formula is C17H23NO3. The van der Waals surface area contributed by atoms with E-state index in [9.17, 15) is 4.79 Å². The molecule has 114 valence electrons. The van der Waals surface area contributed by atoms with Gasteiger partial charge < -0.3 is 9.57 Å². The summed E-state index contributed by atoms with van der Waals surface area (Å²) in [6.07, 6.45) is 3.64. The first-order valence-electron chi connectivity index (χ1n) is 7.47. The van der Waals surface area contributed by atoms with E-state index in [1.807, 2.05) is 0 Å². The molecule has 2 rings (SSSR count). The number of aryl methyl sites for hydroxylation is 1. The molecule has 1 aromatic carbocycles. The smallest absolute Gasteiger partial charge is 0.334 e. The predicted octanol–water partition coefficient (Wildman–Crippen LogP) is 3.72. The van der Waals surface area contributed by atoms with E-state index in [0.717, 1.165) is 31.4 Å². The Balaban J connectivity index is 2.06. The number of benzene rings is 1. The third-order valence-electron chi connectivity index (χ3n) is 4.17. The molecule has 0 bridgehead atoms. The average Bonchev–Trinajstić information content (AvgIpc) is 2.54. The van der Waals surface area contributed by atoms with Gasteiger partial charge >= 0.3 is 5.97 Å². The summed E-state index contributed by atoms with van der Waals surface area (Å²) in [6.45, 7) is 3.84. The van der Waals surface area contributed by atoms with Gasteiger partial charge in [-0.1, -0.05) is 41.9 Å². The molecule has 0 N–H and O–H groups in total. The minimum absolute atomic E-state index is 0.249. The molecule has 1 fully saturated rings. The van der Waals surface area contributed by atoms with E-state index < -0.39 is 0 Å². The van der Waals surface area contributed by atoms with Gasteiger partial charge in [-0.25, -0.2) is 4.79 Å². The third-order valence-corrected chi connectivity index (χ3v) is 4.17. The van der Waals surface area contributed by atoms with Crippen LogP contribution in [0, 0.1) is 6.92 Å². The number of carbonyl (C=O) groups is 1. The summed E-state index contributed by atoms with van der Waals surface area (Å²) in [5.41, 5.74) is 3.15. The molecule has 0 unspecified atom stereocenters. The average molecular weight is 289 g/mol. The summed E-state index contributed by atoms with van der Waals surface area (Å²) in [7, 11) is 1.76. The van der Waals surface area contributed by atoms with Crippen molar-refractivity contribution in [2.24, 2.45) is 5.16 Å². The Morgan fingerprint density at radius 1 is 1.24 bits per heavy atom. The number of ether oxygens (including phenoxy) is 1. The number of nitrogens with zero attached hydrogens (tertiary/aromatic N) is 1. The zero-order valence-electron chi connectivity index (χ0n) is 13.0. The highest BCUT2D eigenvalue weighted by Gasteiger charge is 2.35. The molecule has 1 saturated carbocycles. The van der Waals surface area contributed by atoms with Crippen LogP contribution in [0.2, 0.25) is 0 Å². The van der Waals surface area contributed by atoms with E-state index in [1.54, 1.807) is 14.0 Å². The van der Waals surface area contributed by atoms with E-state index in [-0.39, 0.29) is 11.6 Å². The van der Waals surface area contributed by atoms with Gasteiger partial charge in [-0.15, -0.1) is 0 Å². The zero-order valence-corrected chi connectivity index (χ0v) is 13.0. The Bertz CT molecular complexity index is 509. The van der Waals surface area contributed by atoms with Crippen LogP contribution in [0.15, 0.2) is 29.4 Å². The van der Waals surface area contributed by atoms with E-state index in [2.05, 4.69) is 36.3 Å². The van der Waals surface area contributed by atoms with Gasteiger partial charge in [-0.3, -0.25) is 0 Å². The fraction of sp³-hybridized carbons (Fsp3) is 0.529. The van der Waals surface area contributed by atoms with Crippen molar-refractivity contribution in [2.75, 3.05) is 7.11 Å². The minimum Gasteiger partial charge on any atom is -0.374 e. The molecule has 21 heavy (non-hydrogen) atoms. The van der Waals surface area contributed by atoms with Crippen LogP contribution in [-0.2, 0) is 20.0 Å². The van der Waals surface area contributed by atoms with Crippen LogP contribution in [0.5, 0.6) is 0 Å². The summed E-state index contributed by atoms with van der Waals surface area (Å²) in [6, 6.07) is 8.50. The van der Waals surface area contributed by atoms with Crippen LogP contribution in [0.25, 0.3) is 0 Å². The maximum absolute atomic E-state index is 11.1. The van der Waals surface area contributed by atoms with Crippen LogP contribution in [0.3, 0.4) is 0 Å². The molecule has 0 amide bonds. The van der Waals surface area contributed by atoms with Crippen molar-refractivity contribution >= 4 is 11.7 Å². The van der Waals surface area contributed by atoms with Crippen molar-refractivity contribution < 1.29 is 14.4 Å². The molecule has 1 aliphatic carbocycles. The van der Waals surface area contributed by atoms with Gasteiger partial charge in [0.2, 0.25) is 0 Å². The quantitative estimate of drug-likeness (QED) is 0.627. The topological polar surface area (TPSA) is 47.9 Å². The van der Waals surface area contributed by atoms with Gasteiger partial charge in [0.05, 0.1) is 11.3 Å². The first-order valence-corrected chi connectivity index (χ1v) is 7.47. The van der Waals surface area contributed by atoms with Crippen molar-refractivity contribution in [1.29, 1.82) is 0 Å². The Labute approximate surface area is 126 Å². The van der Waals surface area contributed by atoms with Crippen LogP contribution in [-0.4, -0.2) is 18.8 Å². The van der Waals surface area contributed by atoms with Crippen LogP contribution in [0.1, 0.15) is 50.2 Å². The lowest BCUT2D eigenvalue weighted by Crippen LogP contribution is -2.34. The number of carbonyl (C=O) groups excluding carboxylic acids is 1. The number of rotatable bonds is 4. The monoisotopic (exact) mass is 289 g/mol. The molecule has 0 atom stereocenters. The van der Waals surface area contributed by atoms with Crippen molar-refractivity contribution in [3.8, 4) is 0 Å². The van der Waals surface area contributed by atoms with Crippen LogP contribution < -0.4 is 0 Å². The first kappa shape index (κ1) is 15.7. The highest BCUT2D eigenvalue weighted by Crippen LogP contribution is 2.39. The normalized spacial score (nSPS) is 22.0. The Kier molecular flexibility index (Phi) is 5.12. The van der Waals surface area contributed by atoms with Gasteiger partial charge in [0.15, 0.2) is 0 Å². The summed E-state index contributed by atoms with van der Waals surface area (Å²) >= 11 is 0. The molecule has 1 aliphatic rings. The SMILES string of the molecule is CCC(=O)ON=C1CCC(OC)(c2ccc(C)cc2)CC1. The molecule has 4 nitrogen and oxygen atoms in total. The molecule has 0 radical (unpaired) electrons. The maximum atomic E-state index is 11.1. The number of hydrogen-bond donors (Lipinski definition) is 0. The highest BCUT2D eigenvalue weighted by molar-refractivity contribution is 5.85. The fourth-order valence-corrected chi connectivity index (χ4v) is 2.68. The second-order valence-electron chi connectivity index (χ2n) is 5.54. The van der Waals surface area contributed by atoms with Crippen LogP contribution >= 0.6 is 0 Å². The lowest BCUT2D eigenvalue weighted by molar-refractivity contribution is -0.143. The van der Waals surface area contributed by atoms with Crippen molar-refractivity contribution in [2.45, 2.75) is 51.6 Å². The summed E-state index contributed by atoms with van der Waals surface area (Å²) < 4.78 is 5.84. The zero-order chi connectivity index (χ0) is 15.3. The summed E-state index contributed by atoms with van der Waals surface area (Å²) in [5, 5.41) is 3.97. The van der Waals surface area contributed by atoms with Crippen molar-refractivity contribution in [3.63, 3.8) is 0 Å². The van der Waals surface area contributed by atoms with Gasteiger partial charge in [-0.05, 0) is 38.2 Å². The van der Waals surface area contributed by atoms with Crippen molar-refractivity contribution in [3.05, 3.63) is 35.4 Å². The molecule has 1 aromatic rings. The Hall–Kier alpha value is -1.68. The van der Waals surface area contributed by atoms with E-state index in [0.29, 0.717) is 6.42 Å². The third kappa shape index (κ3) is 3.70. The molecular weight excluding hydrogens is 266 g/mol. The van der Waals surface area contributed by atoms with Crippen LogP contribution in [0.4, 0.5) is 0 Å². The van der Waals surface area contributed by atoms with Crippen molar-refractivity contribution in [1.82, 2.24) is 0 Å². The Morgan fingerprint density at radius 2 is 1.86 bits per heavy atom. The molecule has 0 aromatic heterocycles. The molecule has 0 saturated heterocycles. The Morgan fingerprint density at radius 3 is 2.38 bits per heavy atom. The van der Waals surface area contributed by atoms with E-state index in [1.165, 1.54) is 11.1 Å². The van der Waals surface area contributed by atoms with Gasteiger partial charge in [0, 0.05) is 13.5 Å². The molecule has 0 aliphatic heterocycles.